The van der Waals surface area contributed by atoms with Crippen LogP contribution in [0.1, 0.15) is 43.6 Å². The fourth-order valence-corrected chi connectivity index (χ4v) is 2.47. The van der Waals surface area contributed by atoms with Gasteiger partial charge in [-0.25, -0.2) is 9.18 Å². The second-order valence-corrected chi connectivity index (χ2v) is 6.82. The summed E-state index contributed by atoms with van der Waals surface area (Å²) in [5, 5.41) is 9.24. The van der Waals surface area contributed by atoms with Gasteiger partial charge < -0.3 is 14.4 Å². The normalized spacial score (nSPS) is 19.9. The SMILES string of the molecule is CC1(C)OB(C(=Cc2cc(F)ccc2C(=O)O)CS)OC1(C)C. The fraction of sp³-hybridized carbons (Fsp3) is 0.438. The minimum absolute atomic E-state index is 0.0159. The fourth-order valence-electron chi connectivity index (χ4n) is 2.23. The highest BCUT2D eigenvalue weighted by molar-refractivity contribution is 7.80. The van der Waals surface area contributed by atoms with E-state index in [-0.39, 0.29) is 11.1 Å². The first-order valence-corrected chi connectivity index (χ1v) is 7.90. The molecule has 0 spiro atoms. The molecule has 1 N–H and O–H groups in total. The van der Waals surface area contributed by atoms with Crippen molar-refractivity contribution in [1.29, 1.82) is 0 Å². The smallest absolute Gasteiger partial charge is 0.478 e. The summed E-state index contributed by atoms with van der Waals surface area (Å²) in [5.74, 6) is -1.33. The largest absolute Gasteiger partial charge is 0.491 e. The summed E-state index contributed by atoms with van der Waals surface area (Å²) in [7, 11) is -0.651. The first kappa shape index (κ1) is 18.0. The van der Waals surface area contributed by atoms with E-state index in [2.05, 4.69) is 12.6 Å². The van der Waals surface area contributed by atoms with E-state index in [1.54, 1.807) is 6.08 Å². The van der Waals surface area contributed by atoms with Crippen molar-refractivity contribution in [2.45, 2.75) is 38.9 Å². The molecule has 1 aromatic carbocycles. The van der Waals surface area contributed by atoms with Crippen LogP contribution in [0.3, 0.4) is 0 Å². The van der Waals surface area contributed by atoms with E-state index in [9.17, 15) is 14.3 Å². The number of halogens is 1. The zero-order valence-electron chi connectivity index (χ0n) is 13.6. The van der Waals surface area contributed by atoms with Gasteiger partial charge in [-0.3, -0.25) is 0 Å². The number of thiol groups is 1. The van der Waals surface area contributed by atoms with Crippen molar-refractivity contribution in [3.05, 3.63) is 40.6 Å². The molecule has 0 atom stereocenters. The molecule has 2 rings (SSSR count). The summed E-state index contributed by atoms with van der Waals surface area (Å²) in [6, 6.07) is 3.54. The van der Waals surface area contributed by atoms with Crippen molar-refractivity contribution < 1.29 is 23.6 Å². The average Bonchev–Trinajstić information content (AvgIpc) is 2.64. The molecule has 0 bridgehead atoms. The molecule has 0 aromatic heterocycles. The second kappa shape index (κ2) is 6.30. The number of aromatic carboxylic acids is 1. The molecular formula is C16H20BFO4S. The van der Waals surface area contributed by atoms with Crippen LogP contribution in [-0.4, -0.2) is 35.1 Å². The predicted molar refractivity (Wildman–Crippen MR) is 91.3 cm³/mol. The van der Waals surface area contributed by atoms with Crippen LogP contribution in [0.2, 0.25) is 0 Å². The molecule has 1 aromatic rings. The molecule has 0 saturated carbocycles. The summed E-state index contributed by atoms with van der Waals surface area (Å²) >= 11 is 4.28. The average molecular weight is 338 g/mol. The molecule has 0 radical (unpaired) electrons. The van der Waals surface area contributed by atoms with Gasteiger partial charge in [0.05, 0.1) is 16.8 Å². The minimum atomic E-state index is -1.12. The van der Waals surface area contributed by atoms with E-state index < -0.39 is 30.1 Å². The Morgan fingerprint density at radius 3 is 2.35 bits per heavy atom. The standard InChI is InChI=1S/C16H20BFO4S/c1-15(2)16(3,4)22-17(21-15)11(9-23)7-10-8-12(18)5-6-13(10)14(19)20/h5-8,23H,9H2,1-4H3,(H,19,20). The number of rotatable bonds is 4. The van der Waals surface area contributed by atoms with Gasteiger partial charge in [-0.05, 0) is 56.9 Å². The lowest BCUT2D eigenvalue weighted by Crippen LogP contribution is -2.41. The van der Waals surface area contributed by atoms with Crippen LogP contribution in [-0.2, 0) is 9.31 Å². The number of carbonyl (C=O) groups is 1. The van der Waals surface area contributed by atoms with E-state index in [0.717, 1.165) is 6.07 Å². The Labute approximate surface area is 141 Å². The van der Waals surface area contributed by atoms with Gasteiger partial charge in [-0.15, -0.1) is 0 Å². The van der Waals surface area contributed by atoms with Crippen molar-refractivity contribution in [2.24, 2.45) is 0 Å². The van der Waals surface area contributed by atoms with E-state index in [1.807, 2.05) is 27.7 Å². The van der Waals surface area contributed by atoms with Crippen LogP contribution in [0.25, 0.3) is 6.08 Å². The van der Waals surface area contributed by atoms with Crippen molar-refractivity contribution in [3.63, 3.8) is 0 Å². The number of hydrogen-bond acceptors (Lipinski definition) is 4. The van der Waals surface area contributed by atoms with Gasteiger partial charge in [0.1, 0.15) is 5.82 Å². The van der Waals surface area contributed by atoms with Crippen molar-refractivity contribution in [2.75, 3.05) is 5.75 Å². The highest BCUT2D eigenvalue weighted by Crippen LogP contribution is 2.39. The van der Waals surface area contributed by atoms with Gasteiger partial charge in [-0.1, -0.05) is 6.08 Å². The maximum atomic E-state index is 13.5. The number of carboxylic acids is 1. The zero-order chi connectivity index (χ0) is 17.4. The summed E-state index contributed by atoms with van der Waals surface area (Å²) in [6.07, 6.45) is 1.57. The lowest BCUT2D eigenvalue weighted by molar-refractivity contribution is 0.00578. The molecule has 0 unspecified atom stereocenters. The number of benzene rings is 1. The van der Waals surface area contributed by atoms with Gasteiger partial charge in [0.2, 0.25) is 0 Å². The van der Waals surface area contributed by atoms with Gasteiger partial charge in [0.25, 0.3) is 0 Å². The Morgan fingerprint density at radius 1 is 1.30 bits per heavy atom. The third-order valence-electron chi connectivity index (χ3n) is 4.32. The van der Waals surface area contributed by atoms with Crippen molar-refractivity contribution in [1.82, 2.24) is 0 Å². The van der Waals surface area contributed by atoms with Crippen molar-refractivity contribution >= 4 is 31.8 Å². The van der Waals surface area contributed by atoms with Crippen LogP contribution >= 0.6 is 12.6 Å². The Balaban J connectivity index is 2.41. The lowest BCUT2D eigenvalue weighted by atomic mass is 9.78. The highest BCUT2D eigenvalue weighted by atomic mass is 32.1. The topological polar surface area (TPSA) is 55.8 Å². The molecule has 1 heterocycles. The third-order valence-corrected chi connectivity index (χ3v) is 4.69. The lowest BCUT2D eigenvalue weighted by Gasteiger charge is -2.32. The first-order valence-electron chi connectivity index (χ1n) is 7.27. The molecule has 0 amide bonds. The van der Waals surface area contributed by atoms with E-state index in [0.29, 0.717) is 11.2 Å². The number of carboxylic acid groups (broad SMARTS) is 1. The molecule has 4 nitrogen and oxygen atoms in total. The van der Waals surface area contributed by atoms with Gasteiger partial charge in [0.15, 0.2) is 0 Å². The molecule has 7 heteroatoms. The molecule has 0 aliphatic carbocycles. The van der Waals surface area contributed by atoms with Crippen molar-refractivity contribution in [3.8, 4) is 0 Å². The zero-order valence-corrected chi connectivity index (χ0v) is 14.5. The Morgan fingerprint density at radius 2 is 1.87 bits per heavy atom. The monoisotopic (exact) mass is 338 g/mol. The summed E-state index contributed by atoms with van der Waals surface area (Å²) in [4.78, 5) is 11.3. The van der Waals surface area contributed by atoms with E-state index in [4.69, 9.17) is 9.31 Å². The highest BCUT2D eigenvalue weighted by Gasteiger charge is 2.52. The second-order valence-electron chi connectivity index (χ2n) is 6.50. The third kappa shape index (κ3) is 3.62. The van der Waals surface area contributed by atoms with Gasteiger partial charge in [-0.2, -0.15) is 12.6 Å². The maximum Gasteiger partial charge on any atom is 0.491 e. The van der Waals surface area contributed by atoms with Crippen LogP contribution < -0.4 is 0 Å². The first-order chi connectivity index (χ1) is 10.6. The van der Waals surface area contributed by atoms with Crippen LogP contribution in [0, 0.1) is 5.82 Å². The molecule has 124 valence electrons. The summed E-state index contributed by atoms with van der Waals surface area (Å²) in [6.45, 7) is 7.70. The Kier molecular flexibility index (Phi) is 4.94. The van der Waals surface area contributed by atoms with Crippen LogP contribution in [0.4, 0.5) is 4.39 Å². The summed E-state index contributed by atoms with van der Waals surface area (Å²) < 4.78 is 25.4. The van der Waals surface area contributed by atoms with E-state index >= 15 is 0 Å². The molecule has 1 aliphatic rings. The Hall–Kier alpha value is -1.31. The minimum Gasteiger partial charge on any atom is -0.478 e. The quantitative estimate of drug-likeness (QED) is 0.652. The van der Waals surface area contributed by atoms with E-state index in [1.165, 1.54) is 12.1 Å². The van der Waals surface area contributed by atoms with Gasteiger partial charge in [0, 0.05) is 5.75 Å². The Bertz CT molecular complexity index is 641. The molecule has 1 fully saturated rings. The number of hydrogen-bond donors (Lipinski definition) is 2. The summed E-state index contributed by atoms with van der Waals surface area (Å²) in [5.41, 5.74) is -0.118. The maximum absolute atomic E-state index is 13.5. The molecule has 23 heavy (non-hydrogen) atoms. The van der Waals surface area contributed by atoms with Crippen LogP contribution in [0.15, 0.2) is 23.7 Å². The van der Waals surface area contributed by atoms with Crippen LogP contribution in [0.5, 0.6) is 0 Å². The van der Waals surface area contributed by atoms with Gasteiger partial charge >= 0.3 is 13.1 Å². The molecule has 1 saturated heterocycles. The predicted octanol–water partition coefficient (Wildman–Crippen LogP) is 3.47. The molecule has 1 aliphatic heterocycles. The molecular weight excluding hydrogens is 318 g/mol.